The van der Waals surface area contributed by atoms with Gasteiger partial charge in [-0.15, -0.1) is 10.2 Å². The largest absolute Gasteiger partial charge is 0.493 e. The lowest BCUT2D eigenvalue weighted by atomic mass is 10.1. The summed E-state index contributed by atoms with van der Waals surface area (Å²) in [5.41, 5.74) is 6.02. The van der Waals surface area contributed by atoms with Gasteiger partial charge in [0, 0.05) is 68.1 Å². The second-order valence-corrected chi connectivity index (χ2v) is 12.6. The van der Waals surface area contributed by atoms with E-state index in [-0.39, 0.29) is 34.4 Å². The normalized spacial score (nSPS) is 15.5. The van der Waals surface area contributed by atoms with E-state index in [0.717, 1.165) is 24.6 Å². The van der Waals surface area contributed by atoms with E-state index in [0.29, 0.717) is 67.3 Å². The first kappa shape index (κ1) is 33.0. The molecule has 7 rings (SSSR count). The van der Waals surface area contributed by atoms with E-state index >= 15 is 4.39 Å². The predicted octanol–water partition coefficient (Wildman–Crippen LogP) is 4.27. The van der Waals surface area contributed by atoms with Gasteiger partial charge < -0.3 is 34.7 Å². The number of halogens is 2. The second kappa shape index (κ2) is 13.1. The van der Waals surface area contributed by atoms with Crippen molar-refractivity contribution in [2.75, 3.05) is 38.2 Å². The van der Waals surface area contributed by atoms with Gasteiger partial charge in [0.25, 0.3) is 0 Å². The molecule has 260 valence electrons. The number of aromatic hydroxyl groups is 1. The number of ether oxygens (including phenoxy) is 1. The first-order valence-corrected chi connectivity index (χ1v) is 16.2. The minimum absolute atomic E-state index is 0.0123. The monoisotopic (exact) mass is 706 g/mol. The van der Waals surface area contributed by atoms with Gasteiger partial charge in [-0.25, -0.2) is 14.0 Å². The molecule has 1 saturated carbocycles. The summed E-state index contributed by atoms with van der Waals surface area (Å²) in [4.78, 5) is 40.0. The number of hydrogen-bond acceptors (Lipinski definition) is 10. The molecule has 0 atom stereocenters. The molecule has 3 aromatic heterocycles. The number of nitrogens with zero attached hydrogens (tertiary/aromatic N) is 9. The second-order valence-electron chi connectivity index (χ2n) is 12.2. The average Bonchev–Trinajstić information content (AvgIpc) is 3.78. The maximum Gasteiger partial charge on any atom is 0.356 e. The number of primary amides is 1. The van der Waals surface area contributed by atoms with E-state index in [1.165, 1.54) is 13.3 Å². The smallest absolute Gasteiger partial charge is 0.356 e. The summed E-state index contributed by atoms with van der Waals surface area (Å²) in [7, 11) is 1.42. The topological polar surface area (TPSA) is 199 Å². The molecule has 18 heteroatoms. The van der Waals surface area contributed by atoms with Gasteiger partial charge in [0.1, 0.15) is 11.3 Å². The summed E-state index contributed by atoms with van der Waals surface area (Å²) in [6.45, 7) is 3.24. The summed E-state index contributed by atoms with van der Waals surface area (Å²) < 4.78 is 26.5. The number of azo groups is 1. The van der Waals surface area contributed by atoms with Gasteiger partial charge in [-0.1, -0.05) is 21.9 Å². The Morgan fingerprint density at radius 1 is 1.12 bits per heavy atom. The molecule has 0 radical (unpaired) electrons. The van der Waals surface area contributed by atoms with Crippen molar-refractivity contribution in [3.8, 4) is 11.6 Å². The van der Waals surface area contributed by atoms with Crippen LogP contribution in [0.3, 0.4) is 0 Å². The Hall–Kier alpha value is -5.55. The summed E-state index contributed by atoms with van der Waals surface area (Å²) in [5.74, 6) is -2.00. The van der Waals surface area contributed by atoms with Crippen LogP contribution in [0.1, 0.15) is 34.9 Å². The molecule has 2 aliphatic rings. The van der Waals surface area contributed by atoms with Gasteiger partial charge in [-0.3, -0.25) is 14.4 Å². The highest BCUT2D eigenvalue weighted by atomic mass is 35.5. The summed E-state index contributed by atoms with van der Waals surface area (Å²) >= 11 is 6.15. The molecule has 4 heterocycles. The van der Waals surface area contributed by atoms with Crippen LogP contribution in [-0.2, 0) is 19.6 Å². The Labute approximate surface area is 287 Å². The Balaban J connectivity index is 1.05. The molecule has 0 unspecified atom stereocenters. The lowest BCUT2D eigenvalue weighted by Crippen LogP contribution is -2.46. The third-order valence-electron chi connectivity index (χ3n) is 9.01. The summed E-state index contributed by atoms with van der Waals surface area (Å²) in [6, 6.07) is 5.16. The van der Waals surface area contributed by atoms with Crippen LogP contribution in [0, 0.1) is 5.82 Å². The zero-order valence-corrected chi connectivity index (χ0v) is 27.5. The number of aryl methyl sites for hydroxylation is 2. The number of nitrogens with two attached hydrogens (primary N) is 1. The molecule has 2 aromatic carbocycles. The fourth-order valence-corrected chi connectivity index (χ4v) is 6.70. The maximum absolute atomic E-state index is 15.8. The highest BCUT2D eigenvalue weighted by Crippen LogP contribution is 2.44. The van der Waals surface area contributed by atoms with Crippen molar-refractivity contribution in [2.45, 2.75) is 38.5 Å². The molecule has 0 spiro atoms. The third kappa shape index (κ3) is 6.09. The number of aromatic nitrogens is 5. The molecule has 1 aliphatic heterocycles. The molecular weight excluding hydrogens is 675 g/mol. The zero-order valence-electron chi connectivity index (χ0n) is 26.8. The number of benzene rings is 2. The van der Waals surface area contributed by atoms with Gasteiger partial charge in [-0.05, 0) is 37.1 Å². The summed E-state index contributed by atoms with van der Waals surface area (Å²) in [6.07, 6.45) is 4.80. The minimum atomic E-state index is -1.36. The number of pyridine rings is 1. The van der Waals surface area contributed by atoms with E-state index in [1.54, 1.807) is 32.0 Å². The zero-order chi connectivity index (χ0) is 35.3. The fraction of sp³-hybridized carbons (Fsp3) is 0.344. The maximum atomic E-state index is 15.8. The lowest BCUT2D eigenvalue weighted by Gasteiger charge is -2.36. The summed E-state index contributed by atoms with van der Waals surface area (Å²) in [5, 5.41) is 37.1. The number of urea groups is 1. The average molecular weight is 707 g/mol. The number of carboxylic acids is 1. The van der Waals surface area contributed by atoms with Gasteiger partial charge in [-0.2, -0.15) is 0 Å². The molecule has 2 fully saturated rings. The number of fused-ring (bicyclic) bond motifs is 2. The Bertz CT molecular complexity index is 2250. The fourth-order valence-electron chi connectivity index (χ4n) is 6.53. The number of rotatable bonds is 10. The van der Waals surface area contributed by atoms with Gasteiger partial charge >= 0.3 is 12.0 Å². The van der Waals surface area contributed by atoms with E-state index in [9.17, 15) is 24.6 Å². The molecule has 5 aromatic rings. The third-order valence-corrected chi connectivity index (χ3v) is 9.24. The number of piperazine rings is 1. The number of amides is 2. The number of methoxy groups -OCH3 is 1. The highest BCUT2D eigenvalue weighted by molar-refractivity contribution is 6.31. The van der Waals surface area contributed by atoms with E-state index in [2.05, 4.69) is 25.4 Å². The van der Waals surface area contributed by atoms with Gasteiger partial charge in [0.05, 0.1) is 35.8 Å². The van der Waals surface area contributed by atoms with Gasteiger partial charge in [0.15, 0.2) is 17.3 Å². The predicted molar refractivity (Wildman–Crippen MR) is 180 cm³/mol. The van der Waals surface area contributed by atoms with Crippen LogP contribution < -0.4 is 20.8 Å². The van der Waals surface area contributed by atoms with Crippen molar-refractivity contribution < 1.29 is 28.9 Å². The van der Waals surface area contributed by atoms with Crippen LogP contribution in [0.2, 0.25) is 5.02 Å². The van der Waals surface area contributed by atoms with E-state index < -0.39 is 28.8 Å². The van der Waals surface area contributed by atoms with Crippen LogP contribution >= 0.6 is 11.6 Å². The van der Waals surface area contributed by atoms with Crippen molar-refractivity contribution in [1.82, 2.24) is 29.0 Å². The van der Waals surface area contributed by atoms with Crippen LogP contribution in [-0.4, -0.2) is 84.5 Å². The Morgan fingerprint density at radius 2 is 1.88 bits per heavy atom. The number of anilines is 1. The van der Waals surface area contributed by atoms with Crippen molar-refractivity contribution >= 4 is 56.8 Å². The molecule has 16 nitrogen and oxygen atoms in total. The molecule has 1 aliphatic carbocycles. The van der Waals surface area contributed by atoms with Crippen molar-refractivity contribution in [2.24, 2.45) is 16.0 Å². The standard InChI is InChI=1S/C32H32ClFN10O6/c1-50-29-26-21(28(45)22(31(47)48)16-44(26)19-3-4-19)13-23(34)27(29)41-8-6-40(7-9-41)14-18-15-42(39-36-18)10-11-43-24-5-2-17(33)12-20(24)25(30(43)46)37-38-32(35)49/h2,5,12-13,15-16,19,46H,3-4,6-11,14H2,1H3,(H2,35,49)(H,47,48). The number of carbonyl (C=O) groups excluding carboxylic acids is 1. The van der Waals surface area contributed by atoms with Crippen molar-refractivity contribution in [1.29, 1.82) is 0 Å². The molecule has 50 heavy (non-hydrogen) atoms. The molecule has 0 bridgehead atoms. The first-order valence-electron chi connectivity index (χ1n) is 15.8. The molecular formula is C32H32ClFN10O6. The lowest BCUT2D eigenvalue weighted by molar-refractivity contribution is 0.0694. The molecule has 2 amide bonds. The SMILES string of the molecule is COc1c(N2CCN(Cc3cn(CCn4c(O)c(N=NC(N)=O)c5cc(Cl)ccc54)nn3)CC2)c(F)cc2c(=O)c(C(=O)O)cn(C3CC3)c12. The van der Waals surface area contributed by atoms with Crippen LogP contribution in [0.5, 0.6) is 11.6 Å². The number of carboxylic acid groups (broad SMARTS) is 1. The first-order chi connectivity index (χ1) is 24.0. The molecule has 4 N–H and O–H groups in total. The van der Waals surface area contributed by atoms with Crippen LogP contribution in [0.4, 0.5) is 20.6 Å². The van der Waals surface area contributed by atoms with E-state index in [4.69, 9.17) is 22.1 Å². The van der Waals surface area contributed by atoms with Gasteiger partial charge in [0.2, 0.25) is 11.3 Å². The number of aromatic carboxylic acids is 1. The molecule has 1 saturated heterocycles. The minimum Gasteiger partial charge on any atom is -0.493 e. The number of hydrogen-bond donors (Lipinski definition) is 3. The Kier molecular flexibility index (Phi) is 8.61. The Morgan fingerprint density at radius 3 is 2.56 bits per heavy atom. The van der Waals surface area contributed by atoms with E-state index in [1.807, 2.05) is 11.1 Å². The number of carbonyl (C=O) groups is 2. The van der Waals surface area contributed by atoms with Crippen molar-refractivity contribution in [3.05, 3.63) is 69.0 Å². The van der Waals surface area contributed by atoms with Crippen LogP contribution in [0.25, 0.3) is 21.8 Å². The highest BCUT2D eigenvalue weighted by Gasteiger charge is 2.32. The van der Waals surface area contributed by atoms with Crippen LogP contribution in [0.15, 0.2) is 51.7 Å². The quantitative estimate of drug-likeness (QED) is 0.176. The van der Waals surface area contributed by atoms with Crippen molar-refractivity contribution in [3.63, 3.8) is 0 Å².